The number of carbonyl (C=O) groups excluding carboxylic acids is 1. The Morgan fingerprint density at radius 3 is 2.43 bits per heavy atom. The zero-order valence-corrected chi connectivity index (χ0v) is 13.6. The van der Waals surface area contributed by atoms with Gasteiger partial charge in [-0.1, -0.05) is 13.8 Å². The van der Waals surface area contributed by atoms with E-state index in [1.165, 1.54) is 19.2 Å². The van der Waals surface area contributed by atoms with E-state index in [0.29, 0.717) is 18.0 Å². The predicted octanol–water partition coefficient (Wildman–Crippen LogP) is 1.21. The van der Waals surface area contributed by atoms with Gasteiger partial charge in [0.05, 0.1) is 11.5 Å². The topological polar surface area (TPSA) is 89.7 Å². The molecule has 0 heterocycles. The zero-order chi connectivity index (χ0) is 16.2. The van der Waals surface area contributed by atoms with Gasteiger partial charge in [-0.25, -0.2) is 13.6 Å². The third kappa shape index (κ3) is 5.11. The summed E-state index contributed by atoms with van der Waals surface area (Å²) in [6.45, 7) is 4.79. The summed E-state index contributed by atoms with van der Waals surface area (Å²) in [7, 11) is -0.696. The summed E-state index contributed by atoms with van der Waals surface area (Å²) in [5.74, 6) is 0.0744. The molecular weight excluding hydrogens is 292 g/mol. The predicted molar refractivity (Wildman–Crippen MR) is 80.3 cm³/mol. The number of methoxy groups -OCH3 is 1. The summed E-state index contributed by atoms with van der Waals surface area (Å²) in [6.07, 6.45) is 0. The van der Waals surface area contributed by atoms with Crippen molar-refractivity contribution in [3.8, 4) is 0 Å². The largest absolute Gasteiger partial charge is 0.380 e. The van der Waals surface area contributed by atoms with Crippen LogP contribution in [0.15, 0.2) is 23.1 Å². The number of rotatable bonds is 6. The molecule has 0 unspecified atom stereocenters. The lowest BCUT2D eigenvalue weighted by Crippen LogP contribution is -2.30. The van der Waals surface area contributed by atoms with Crippen molar-refractivity contribution < 1.29 is 17.9 Å². The third-order valence-electron chi connectivity index (χ3n) is 2.84. The van der Waals surface area contributed by atoms with Crippen LogP contribution in [0.2, 0.25) is 0 Å². The summed E-state index contributed by atoms with van der Waals surface area (Å²) >= 11 is 0. The van der Waals surface area contributed by atoms with Crippen molar-refractivity contribution in [1.82, 2.24) is 4.90 Å². The molecule has 7 heteroatoms. The normalized spacial score (nSPS) is 11.7. The number of sulfonamides is 1. The van der Waals surface area contributed by atoms with Crippen molar-refractivity contribution in [2.24, 2.45) is 11.1 Å². The molecule has 0 aromatic heterocycles. The molecule has 0 bridgehead atoms. The van der Waals surface area contributed by atoms with Gasteiger partial charge in [-0.2, -0.15) is 0 Å². The van der Waals surface area contributed by atoms with Crippen LogP contribution < -0.4 is 5.14 Å². The Kier molecular flexibility index (Phi) is 5.88. The number of carbonyl (C=O) groups is 1. The second kappa shape index (κ2) is 7.02. The number of hydrogen-bond donors (Lipinski definition) is 1. The van der Waals surface area contributed by atoms with Gasteiger partial charge in [0.2, 0.25) is 10.0 Å². The minimum absolute atomic E-state index is 0.0849. The Bertz CT molecular complexity index is 611. The quantitative estimate of drug-likeness (QED) is 0.854. The molecule has 0 radical (unpaired) electrons. The molecule has 0 spiro atoms. The molecule has 1 amide bonds. The van der Waals surface area contributed by atoms with Crippen molar-refractivity contribution in [3.63, 3.8) is 0 Å². The molecule has 0 saturated carbocycles. The van der Waals surface area contributed by atoms with Crippen LogP contribution in [0.5, 0.6) is 0 Å². The molecule has 1 aromatic rings. The average molecular weight is 314 g/mol. The maximum Gasteiger partial charge on any atom is 0.253 e. The number of ether oxygens (including phenoxy) is 1. The fraction of sp³-hybridized carbons (Fsp3) is 0.500. The smallest absolute Gasteiger partial charge is 0.253 e. The Morgan fingerprint density at radius 1 is 1.33 bits per heavy atom. The van der Waals surface area contributed by atoms with Crippen LogP contribution in [0.25, 0.3) is 0 Å². The maximum atomic E-state index is 12.4. The number of amides is 1. The molecule has 0 saturated heterocycles. The van der Waals surface area contributed by atoms with Crippen LogP contribution in [0.4, 0.5) is 0 Å². The van der Waals surface area contributed by atoms with E-state index in [0.717, 1.165) is 0 Å². The van der Waals surface area contributed by atoms with Gasteiger partial charge in [0.1, 0.15) is 0 Å². The van der Waals surface area contributed by atoms with E-state index >= 15 is 0 Å². The molecule has 1 aromatic carbocycles. The first-order valence-electron chi connectivity index (χ1n) is 6.56. The van der Waals surface area contributed by atoms with Crippen LogP contribution in [0.3, 0.4) is 0 Å². The Balaban J connectivity index is 3.22. The fourth-order valence-electron chi connectivity index (χ4n) is 2.05. The molecule has 0 fully saturated rings. The number of benzene rings is 1. The number of nitrogens with two attached hydrogens (primary N) is 1. The summed E-state index contributed by atoms with van der Waals surface area (Å²) in [6, 6.07) is 4.34. The van der Waals surface area contributed by atoms with E-state index in [1.54, 1.807) is 18.0 Å². The first kappa shape index (κ1) is 17.6. The zero-order valence-electron chi connectivity index (χ0n) is 12.8. The van der Waals surface area contributed by atoms with E-state index in [9.17, 15) is 13.2 Å². The number of primary sulfonamides is 1. The summed E-state index contributed by atoms with van der Waals surface area (Å²) in [5, 5.41) is 5.15. The molecule has 118 valence electrons. The van der Waals surface area contributed by atoms with Crippen molar-refractivity contribution in [2.45, 2.75) is 25.3 Å². The van der Waals surface area contributed by atoms with Gasteiger partial charge in [0.15, 0.2) is 0 Å². The van der Waals surface area contributed by atoms with Crippen LogP contribution in [0, 0.1) is 5.92 Å². The lowest BCUT2D eigenvalue weighted by atomic mass is 10.1. The monoisotopic (exact) mass is 314 g/mol. The maximum absolute atomic E-state index is 12.4. The van der Waals surface area contributed by atoms with Gasteiger partial charge in [-0.15, -0.1) is 0 Å². The SMILES string of the molecule is COCc1cc(C(=O)N(C)CC(C)C)cc(S(N)(=O)=O)c1. The minimum Gasteiger partial charge on any atom is -0.380 e. The third-order valence-corrected chi connectivity index (χ3v) is 3.73. The molecule has 0 atom stereocenters. The molecular formula is C14H22N2O4S. The highest BCUT2D eigenvalue weighted by molar-refractivity contribution is 7.89. The highest BCUT2D eigenvalue weighted by atomic mass is 32.2. The van der Waals surface area contributed by atoms with Crippen LogP contribution in [-0.4, -0.2) is 39.9 Å². The highest BCUT2D eigenvalue weighted by Crippen LogP contribution is 2.17. The molecule has 2 N–H and O–H groups in total. The van der Waals surface area contributed by atoms with Crippen molar-refractivity contribution in [1.29, 1.82) is 0 Å². The summed E-state index contributed by atoms with van der Waals surface area (Å²) in [4.78, 5) is 13.8. The molecule has 0 aliphatic carbocycles. The Morgan fingerprint density at radius 2 is 1.95 bits per heavy atom. The molecule has 21 heavy (non-hydrogen) atoms. The standard InChI is InChI=1S/C14H22N2O4S/c1-10(2)8-16(3)14(17)12-5-11(9-20-4)6-13(7-12)21(15,18)19/h5-7,10H,8-9H2,1-4H3,(H2,15,18,19). The van der Waals surface area contributed by atoms with E-state index in [4.69, 9.17) is 9.88 Å². The van der Waals surface area contributed by atoms with E-state index < -0.39 is 10.0 Å². The fourth-order valence-corrected chi connectivity index (χ4v) is 2.66. The van der Waals surface area contributed by atoms with Crippen molar-refractivity contribution >= 4 is 15.9 Å². The second-order valence-corrected chi connectivity index (χ2v) is 6.98. The van der Waals surface area contributed by atoms with Gasteiger partial charge >= 0.3 is 0 Å². The van der Waals surface area contributed by atoms with Crippen LogP contribution in [-0.2, 0) is 21.4 Å². The lowest BCUT2D eigenvalue weighted by Gasteiger charge is -2.20. The van der Waals surface area contributed by atoms with Gasteiger partial charge in [-0.05, 0) is 29.7 Å². The van der Waals surface area contributed by atoms with Crippen LogP contribution in [0.1, 0.15) is 29.8 Å². The molecule has 0 aliphatic rings. The summed E-state index contributed by atoms with van der Waals surface area (Å²) < 4.78 is 28.0. The summed E-state index contributed by atoms with van der Waals surface area (Å²) in [5.41, 5.74) is 0.877. The molecule has 6 nitrogen and oxygen atoms in total. The van der Waals surface area contributed by atoms with Crippen molar-refractivity contribution in [2.75, 3.05) is 20.7 Å². The minimum atomic E-state index is -3.87. The second-order valence-electron chi connectivity index (χ2n) is 5.42. The van der Waals surface area contributed by atoms with Gasteiger partial charge in [0, 0.05) is 26.3 Å². The number of hydrogen-bond acceptors (Lipinski definition) is 4. The van der Waals surface area contributed by atoms with Gasteiger partial charge in [-0.3, -0.25) is 4.79 Å². The molecule has 0 aliphatic heterocycles. The van der Waals surface area contributed by atoms with Crippen molar-refractivity contribution in [3.05, 3.63) is 29.3 Å². The van der Waals surface area contributed by atoms with E-state index in [-0.39, 0.29) is 23.0 Å². The lowest BCUT2D eigenvalue weighted by molar-refractivity contribution is 0.0778. The van der Waals surface area contributed by atoms with Gasteiger partial charge in [0.25, 0.3) is 5.91 Å². The number of nitrogens with zero attached hydrogens (tertiary/aromatic N) is 1. The van der Waals surface area contributed by atoms with Crippen LogP contribution >= 0.6 is 0 Å². The van der Waals surface area contributed by atoms with E-state index in [2.05, 4.69) is 0 Å². The first-order chi connectivity index (χ1) is 9.65. The Hall–Kier alpha value is -1.44. The Labute approximate surface area is 125 Å². The van der Waals surface area contributed by atoms with E-state index in [1.807, 2.05) is 13.8 Å². The first-order valence-corrected chi connectivity index (χ1v) is 8.11. The molecule has 1 rings (SSSR count). The highest BCUT2D eigenvalue weighted by Gasteiger charge is 2.18. The van der Waals surface area contributed by atoms with Gasteiger partial charge < -0.3 is 9.64 Å². The average Bonchev–Trinajstić information content (AvgIpc) is 2.36.